The lowest BCUT2D eigenvalue weighted by Crippen LogP contribution is -2.33. The van der Waals surface area contributed by atoms with E-state index in [1.165, 1.54) is 0 Å². The highest BCUT2D eigenvalue weighted by atomic mass is 16.5. The predicted octanol–water partition coefficient (Wildman–Crippen LogP) is 0.408. The average Bonchev–Trinajstić information content (AvgIpc) is 3.02. The molecule has 1 aromatic heterocycles. The van der Waals surface area contributed by atoms with Gasteiger partial charge in [-0.2, -0.15) is 0 Å². The van der Waals surface area contributed by atoms with E-state index >= 15 is 0 Å². The van der Waals surface area contributed by atoms with Gasteiger partial charge in [0, 0.05) is 32.6 Å². The Bertz CT molecular complexity index is 391. The molecule has 1 aromatic rings. The molecule has 2 heterocycles. The lowest BCUT2D eigenvalue weighted by Gasteiger charge is -2.20. The highest BCUT2D eigenvalue weighted by molar-refractivity contribution is 4.90. The molecular weight excluding hydrogens is 258 g/mol. The predicted molar refractivity (Wildman–Crippen MR) is 75.3 cm³/mol. The molecule has 1 aliphatic heterocycles. The van der Waals surface area contributed by atoms with Crippen LogP contribution in [0.5, 0.6) is 0 Å². The molecule has 1 saturated heterocycles. The maximum atomic E-state index is 9.96. The Morgan fingerprint density at radius 2 is 2.50 bits per heavy atom. The molecule has 114 valence electrons. The van der Waals surface area contributed by atoms with E-state index in [1.54, 1.807) is 6.20 Å². The minimum Gasteiger partial charge on any atom is -0.389 e. The van der Waals surface area contributed by atoms with Crippen LogP contribution in [-0.4, -0.2) is 65.2 Å². The summed E-state index contributed by atoms with van der Waals surface area (Å²) < 4.78 is 13.0. The van der Waals surface area contributed by atoms with Gasteiger partial charge < -0.3 is 19.1 Å². The van der Waals surface area contributed by atoms with Crippen LogP contribution in [0.2, 0.25) is 0 Å². The van der Waals surface area contributed by atoms with Crippen molar-refractivity contribution in [1.29, 1.82) is 0 Å². The third-order valence-corrected chi connectivity index (χ3v) is 3.49. The Morgan fingerprint density at radius 1 is 1.65 bits per heavy atom. The lowest BCUT2D eigenvalue weighted by molar-refractivity contribution is -0.0240. The van der Waals surface area contributed by atoms with Gasteiger partial charge in [-0.3, -0.25) is 4.90 Å². The molecule has 6 heteroatoms. The van der Waals surface area contributed by atoms with E-state index in [0.29, 0.717) is 26.3 Å². The summed E-state index contributed by atoms with van der Waals surface area (Å²) >= 11 is 0. The summed E-state index contributed by atoms with van der Waals surface area (Å²) in [4.78, 5) is 6.31. The Kier molecular flexibility index (Phi) is 5.97. The van der Waals surface area contributed by atoms with Crippen molar-refractivity contribution in [2.24, 2.45) is 7.05 Å². The number of aliphatic hydroxyl groups is 1. The minimum absolute atomic E-state index is 0.215. The molecule has 1 N–H and O–H groups in total. The number of hydrogen-bond donors (Lipinski definition) is 1. The van der Waals surface area contributed by atoms with Gasteiger partial charge in [-0.15, -0.1) is 0 Å². The van der Waals surface area contributed by atoms with Crippen molar-refractivity contribution in [3.05, 3.63) is 18.2 Å². The third kappa shape index (κ3) is 4.86. The summed E-state index contributed by atoms with van der Waals surface area (Å²) in [6, 6.07) is 0. The van der Waals surface area contributed by atoms with Crippen molar-refractivity contribution < 1.29 is 14.6 Å². The summed E-state index contributed by atoms with van der Waals surface area (Å²) in [7, 11) is 3.94. The maximum Gasteiger partial charge on any atom is 0.122 e. The quantitative estimate of drug-likeness (QED) is 0.749. The smallest absolute Gasteiger partial charge is 0.122 e. The summed E-state index contributed by atoms with van der Waals surface area (Å²) in [6.07, 6.45) is 5.61. The second kappa shape index (κ2) is 7.73. The zero-order chi connectivity index (χ0) is 14.4. The molecular formula is C14H25N3O3. The van der Waals surface area contributed by atoms with Gasteiger partial charge in [-0.1, -0.05) is 0 Å². The van der Waals surface area contributed by atoms with Crippen LogP contribution in [-0.2, 0) is 23.1 Å². The molecule has 0 amide bonds. The van der Waals surface area contributed by atoms with Crippen LogP contribution in [0.25, 0.3) is 0 Å². The van der Waals surface area contributed by atoms with Crippen LogP contribution in [0.15, 0.2) is 12.4 Å². The fourth-order valence-electron chi connectivity index (χ4n) is 2.38. The topological polar surface area (TPSA) is 59.8 Å². The molecule has 0 spiro atoms. The second-order valence-corrected chi connectivity index (χ2v) is 5.48. The Hall–Kier alpha value is -0.950. The lowest BCUT2D eigenvalue weighted by atomic mass is 10.2. The van der Waals surface area contributed by atoms with Crippen molar-refractivity contribution in [2.45, 2.75) is 31.6 Å². The Morgan fingerprint density at radius 3 is 3.15 bits per heavy atom. The van der Waals surface area contributed by atoms with E-state index in [2.05, 4.69) is 4.98 Å². The van der Waals surface area contributed by atoms with E-state index in [4.69, 9.17) is 9.47 Å². The van der Waals surface area contributed by atoms with Crippen LogP contribution in [0.3, 0.4) is 0 Å². The number of aliphatic hydroxyl groups excluding tert-OH is 1. The van der Waals surface area contributed by atoms with Gasteiger partial charge in [0.1, 0.15) is 5.82 Å². The molecule has 2 unspecified atom stereocenters. The van der Waals surface area contributed by atoms with Gasteiger partial charge in [0.15, 0.2) is 0 Å². The molecule has 20 heavy (non-hydrogen) atoms. The van der Waals surface area contributed by atoms with Gasteiger partial charge in [-0.25, -0.2) is 4.98 Å². The third-order valence-electron chi connectivity index (χ3n) is 3.49. The number of likely N-dealkylation sites (N-methyl/N-ethyl adjacent to an activating group) is 1. The fraction of sp³-hybridized carbons (Fsp3) is 0.786. The van der Waals surface area contributed by atoms with Crippen molar-refractivity contribution >= 4 is 0 Å². The summed E-state index contributed by atoms with van der Waals surface area (Å²) in [5, 5.41) is 9.96. The number of ether oxygens (including phenoxy) is 2. The number of aryl methyl sites for hydroxylation is 1. The normalized spacial score (nSPS) is 20.7. The van der Waals surface area contributed by atoms with Crippen molar-refractivity contribution in [1.82, 2.24) is 14.5 Å². The summed E-state index contributed by atoms with van der Waals surface area (Å²) in [5.41, 5.74) is 0. The monoisotopic (exact) mass is 283 g/mol. The van der Waals surface area contributed by atoms with Crippen molar-refractivity contribution in [2.75, 3.05) is 33.4 Å². The number of hydrogen-bond acceptors (Lipinski definition) is 5. The standard InChI is InChI=1S/C14H25N3O3/c1-16(9-14-15-5-6-17(14)2)8-12(18)10-19-11-13-4-3-7-20-13/h5-6,12-13,18H,3-4,7-11H2,1-2H3. The van der Waals surface area contributed by atoms with Gasteiger partial charge in [0.2, 0.25) is 0 Å². The van der Waals surface area contributed by atoms with Crippen LogP contribution < -0.4 is 0 Å². The number of aromatic nitrogens is 2. The van der Waals surface area contributed by atoms with Crippen LogP contribution in [0.1, 0.15) is 18.7 Å². The van der Waals surface area contributed by atoms with E-state index in [1.807, 2.05) is 29.8 Å². The summed E-state index contributed by atoms with van der Waals surface area (Å²) in [5.74, 6) is 0.986. The van der Waals surface area contributed by atoms with Crippen LogP contribution >= 0.6 is 0 Å². The van der Waals surface area contributed by atoms with E-state index < -0.39 is 6.10 Å². The van der Waals surface area contributed by atoms with Crippen molar-refractivity contribution in [3.63, 3.8) is 0 Å². The van der Waals surface area contributed by atoms with Gasteiger partial charge in [0.25, 0.3) is 0 Å². The zero-order valence-corrected chi connectivity index (χ0v) is 12.4. The molecule has 0 aliphatic carbocycles. The highest BCUT2D eigenvalue weighted by Crippen LogP contribution is 2.12. The molecule has 1 fully saturated rings. The van der Waals surface area contributed by atoms with E-state index in [0.717, 1.165) is 25.3 Å². The maximum absolute atomic E-state index is 9.96. The first-order valence-electron chi connectivity index (χ1n) is 7.17. The molecule has 6 nitrogen and oxygen atoms in total. The number of rotatable bonds is 8. The Balaban J connectivity index is 1.60. The Labute approximate surface area is 120 Å². The van der Waals surface area contributed by atoms with Gasteiger partial charge in [0.05, 0.1) is 32.0 Å². The van der Waals surface area contributed by atoms with Gasteiger partial charge >= 0.3 is 0 Å². The fourth-order valence-corrected chi connectivity index (χ4v) is 2.38. The van der Waals surface area contributed by atoms with Crippen LogP contribution in [0.4, 0.5) is 0 Å². The largest absolute Gasteiger partial charge is 0.389 e. The molecule has 1 aliphatic rings. The number of imidazole rings is 1. The molecule has 2 rings (SSSR count). The van der Waals surface area contributed by atoms with E-state index in [-0.39, 0.29) is 6.10 Å². The minimum atomic E-state index is -0.485. The zero-order valence-electron chi connectivity index (χ0n) is 12.4. The molecule has 2 atom stereocenters. The average molecular weight is 283 g/mol. The first kappa shape index (κ1) is 15.4. The SMILES string of the molecule is CN(Cc1nccn1C)CC(O)COCC1CCCO1. The molecule has 0 radical (unpaired) electrons. The molecule has 0 aromatic carbocycles. The van der Waals surface area contributed by atoms with Gasteiger partial charge in [-0.05, 0) is 19.9 Å². The van der Waals surface area contributed by atoms with E-state index in [9.17, 15) is 5.11 Å². The highest BCUT2D eigenvalue weighted by Gasteiger charge is 2.16. The molecule has 0 saturated carbocycles. The first-order valence-corrected chi connectivity index (χ1v) is 7.17. The molecule has 0 bridgehead atoms. The second-order valence-electron chi connectivity index (χ2n) is 5.48. The van der Waals surface area contributed by atoms with Crippen molar-refractivity contribution in [3.8, 4) is 0 Å². The number of nitrogens with zero attached hydrogens (tertiary/aromatic N) is 3. The first-order chi connectivity index (χ1) is 9.65. The summed E-state index contributed by atoms with van der Waals surface area (Å²) in [6.45, 7) is 3.05. The van der Waals surface area contributed by atoms with Crippen LogP contribution in [0, 0.1) is 0 Å².